The second kappa shape index (κ2) is 11.9. The molecule has 0 unspecified atom stereocenters. The van der Waals surface area contributed by atoms with Gasteiger partial charge < -0.3 is 19.1 Å². The molecule has 9 aromatic rings. The Labute approximate surface area is 318 Å². The van der Waals surface area contributed by atoms with Crippen molar-refractivity contribution in [2.24, 2.45) is 0 Å². The molecule has 0 radical (unpaired) electrons. The van der Waals surface area contributed by atoms with Crippen LogP contribution in [0.5, 0.6) is 11.5 Å². The second-order valence-corrected chi connectivity index (χ2v) is 16.0. The van der Waals surface area contributed by atoms with E-state index in [0.717, 1.165) is 27.9 Å². The molecule has 1 aliphatic rings. The van der Waals surface area contributed by atoms with Crippen molar-refractivity contribution < 1.29 is 25.8 Å². The molecule has 8 heteroatoms. The summed E-state index contributed by atoms with van der Waals surface area (Å²) in [6.07, 6.45) is 1.93. The Kier molecular flexibility index (Phi) is 7.55. The largest absolute Gasteiger partial charge is 0.509 e. The van der Waals surface area contributed by atoms with E-state index < -0.39 is 0 Å². The molecule has 5 heterocycles. The van der Waals surface area contributed by atoms with Gasteiger partial charge in [-0.2, -0.15) is 18.8 Å². The SMILES string of the molecule is CN1[CH-]N(c2[c-]c(Oc3[c-]c4c(cc3)c3ccc5sc6ccccc6c5c3n4-c3cc(C(C)(C)C)ccn3)ccc2)c2c1sc1ccccc21.[Pt]. The topological polar surface area (TPSA) is 33.5 Å². The monoisotopic (exact) mass is 878 g/mol. The van der Waals surface area contributed by atoms with Crippen LogP contribution in [0.3, 0.4) is 0 Å². The maximum absolute atomic E-state index is 6.58. The molecular formula is C43H31N4OPtS2-3. The quantitative estimate of drug-likeness (QED) is 0.165. The summed E-state index contributed by atoms with van der Waals surface area (Å²) in [4.78, 5) is 9.35. The molecule has 0 saturated heterocycles. The summed E-state index contributed by atoms with van der Waals surface area (Å²) in [5, 5.41) is 7.22. The molecule has 0 amide bonds. The minimum atomic E-state index is -0.0304. The van der Waals surface area contributed by atoms with E-state index in [4.69, 9.17) is 9.72 Å². The predicted octanol–water partition coefficient (Wildman–Crippen LogP) is 12.2. The maximum atomic E-state index is 6.58. The van der Waals surface area contributed by atoms with E-state index in [-0.39, 0.29) is 26.5 Å². The molecule has 0 fully saturated rings. The second-order valence-electron chi connectivity index (χ2n) is 13.9. The molecule has 0 aliphatic carbocycles. The Morgan fingerprint density at radius 1 is 0.725 bits per heavy atom. The Morgan fingerprint density at radius 3 is 2.29 bits per heavy atom. The van der Waals surface area contributed by atoms with Gasteiger partial charge in [-0.3, -0.25) is 0 Å². The number of ether oxygens (including phenoxy) is 1. The van der Waals surface area contributed by atoms with Crippen LogP contribution in [-0.2, 0) is 26.5 Å². The third-order valence-electron chi connectivity index (χ3n) is 9.63. The standard InChI is InChI=1S/C43H31N4OS2.Pt/c1-43(2,3)26-20-21-44-38(22-26)47-34-24-29(16-17-30(34)31-18-19-37-39(40(31)47)32-12-5-7-14-35(32)49-37)48-28-11-9-10-27(23-28)46-25-45(4)42-41(46)33-13-6-8-15-36(33)50-42;/h5-22,25H,1-4H3;/q-3;. The zero-order chi connectivity index (χ0) is 33.7. The smallest absolute Gasteiger partial charge is 0.135 e. The van der Waals surface area contributed by atoms with Crippen molar-refractivity contribution in [2.45, 2.75) is 26.2 Å². The minimum absolute atomic E-state index is 0. The van der Waals surface area contributed by atoms with Crippen molar-refractivity contribution in [3.05, 3.63) is 134 Å². The molecule has 5 aromatic carbocycles. The van der Waals surface area contributed by atoms with Crippen LogP contribution in [0, 0.1) is 18.8 Å². The molecule has 0 atom stereocenters. The zero-order valence-corrected chi connectivity index (χ0v) is 32.2. The number of hydrogen-bond donors (Lipinski definition) is 0. The van der Waals surface area contributed by atoms with E-state index in [2.05, 4.69) is 146 Å². The van der Waals surface area contributed by atoms with E-state index in [1.54, 1.807) is 11.3 Å². The van der Waals surface area contributed by atoms with E-state index in [1.165, 1.54) is 51.9 Å². The van der Waals surface area contributed by atoms with Crippen molar-refractivity contribution in [3.63, 3.8) is 0 Å². The van der Waals surface area contributed by atoms with E-state index in [0.29, 0.717) is 11.5 Å². The first-order chi connectivity index (χ1) is 24.3. The van der Waals surface area contributed by atoms with Crippen LogP contribution in [0.25, 0.3) is 57.9 Å². The molecule has 254 valence electrons. The first kappa shape index (κ1) is 32.2. The Bertz CT molecular complexity index is 2810. The Balaban J connectivity index is 0.00000348. The van der Waals surface area contributed by atoms with Gasteiger partial charge in [-0.25, -0.2) is 4.98 Å². The van der Waals surface area contributed by atoms with Gasteiger partial charge in [-0.15, -0.1) is 64.1 Å². The van der Waals surface area contributed by atoms with E-state index in [1.807, 2.05) is 35.7 Å². The van der Waals surface area contributed by atoms with Gasteiger partial charge in [0.25, 0.3) is 0 Å². The van der Waals surface area contributed by atoms with Gasteiger partial charge >= 0.3 is 0 Å². The fourth-order valence-electron chi connectivity index (χ4n) is 7.22. The number of benzene rings is 5. The van der Waals surface area contributed by atoms with Gasteiger partial charge in [0.05, 0.1) is 16.2 Å². The Hall–Kier alpha value is -4.68. The van der Waals surface area contributed by atoms with Gasteiger partial charge in [0.1, 0.15) is 5.82 Å². The van der Waals surface area contributed by atoms with E-state index >= 15 is 0 Å². The summed E-state index contributed by atoms with van der Waals surface area (Å²) in [5.41, 5.74) is 5.36. The summed E-state index contributed by atoms with van der Waals surface area (Å²) in [6.45, 7) is 8.84. The summed E-state index contributed by atoms with van der Waals surface area (Å²) in [6, 6.07) is 43.5. The zero-order valence-electron chi connectivity index (χ0n) is 28.3. The summed E-state index contributed by atoms with van der Waals surface area (Å²) >= 11 is 3.63. The number of thiophene rings is 2. The van der Waals surface area contributed by atoms with E-state index in [9.17, 15) is 0 Å². The number of nitrogens with zero attached hydrogens (tertiary/aromatic N) is 4. The predicted molar refractivity (Wildman–Crippen MR) is 211 cm³/mol. The number of fused-ring (bicyclic) bond motifs is 10. The molecule has 10 rings (SSSR count). The number of anilines is 3. The first-order valence-electron chi connectivity index (χ1n) is 16.7. The average Bonchev–Trinajstić information content (AvgIpc) is 3.86. The molecule has 0 spiro atoms. The number of rotatable bonds is 4. The maximum Gasteiger partial charge on any atom is 0.135 e. The third kappa shape index (κ3) is 5.09. The van der Waals surface area contributed by atoms with Crippen molar-refractivity contribution in [2.75, 3.05) is 16.8 Å². The van der Waals surface area contributed by atoms with Crippen LogP contribution in [0.4, 0.5) is 16.4 Å². The van der Waals surface area contributed by atoms with Crippen LogP contribution in [0.15, 0.2) is 109 Å². The van der Waals surface area contributed by atoms with Gasteiger partial charge in [-0.05, 0) is 53.7 Å². The van der Waals surface area contributed by atoms with Gasteiger partial charge in [-0.1, -0.05) is 68.8 Å². The van der Waals surface area contributed by atoms with Crippen molar-refractivity contribution in [3.8, 4) is 17.3 Å². The number of hydrogen-bond acceptors (Lipinski definition) is 6. The fraction of sp³-hybridized carbons (Fsp3) is 0.116. The fourth-order valence-corrected chi connectivity index (χ4v) is 9.46. The van der Waals surface area contributed by atoms with Crippen LogP contribution >= 0.6 is 22.7 Å². The number of aromatic nitrogens is 2. The molecule has 51 heavy (non-hydrogen) atoms. The van der Waals surface area contributed by atoms with Crippen LogP contribution in [0.2, 0.25) is 0 Å². The summed E-state index contributed by atoms with van der Waals surface area (Å²) in [7, 11) is 2.09. The normalized spacial score (nSPS) is 13.2. The molecule has 0 N–H and O–H groups in total. The van der Waals surface area contributed by atoms with Crippen molar-refractivity contribution >= 4 is 91.1 Å². The van der Waals surface area contributed by atoms with Crippen molar-refractivity contribution in [1.29, 1.82) is 0 Å². The molecule has 1 aliphatic heterocycles. The van der Waals surface area contributed by atoms with Gasteiger partial charge in [0, 0.05) is 69.0 Å². The summed E-state index contributed by atoms with van der Waals surface area (Å²) in [5.74, 6) is 2.12. The minimum Gasteiger partial charge on any atom is -0.509 e. The van der Waals surface area contributed by atoms with Crippen LogP contribution in [-0.4, -0.2) is 16.6 Å². The average molecular weight is 879 g/mol. The van der Waals surface area contributed by atoms with Gasteiger partial charge in [0.15, 0.2) is 0 Å². The summed E-state index contributed by atoms with van der Waals surface area (Å²) < 4.78 is 12.7. The molecule has 0 bridgehead atoms. The molecule has 4 aromatic heterocycles. The first-order valence-corrected chi connectivity index (χ1v) is 18.3. The number of pyridine rings is 1. The third-order valence-corrected chi connectivity index (χ3v) is 12.0. The van der Waals surface area contributed by atoms with Crippen molar-refractivity contribution in [1.82, 2.24) is 9.55 Å². The Morgan fingerprint density at radius 2 is 1.47 bits per heavy atom. The van der Waals surface area contributed by atoms with Crippen LogP contribution < -0.4 is 14.5 Å². The molecule has 0 saturated carbocycles. The van der Waals surface area contributed by atoms with Crippen LogP contribution in [0.1, 0.15) is 26.3 Å². The molecule has 5 nitrogen and oxygen atoms in total. The van der Waals surface area contributed by atoms with Gasteiger partial charge in [0.2, 0.25) is 0 Å². The molecular weight excluding hydrogens is 848 g/mol.